The molecule has 7 N–H and O–H groups in total. The molecule has 9 aromatic rings. The molecule has 6 amide bonds. The summed E-state index contributed by atoms with van der Waals surface area (Å²) in [6.07, 6.45) is 7.70. The minimum absolute atomic E-state index is 0. The SMILES string of the molecule is C.C.C.C.C.C.C.C.C.C.C.CCCOC(=O)NCc1ccccc1.CCCOCc1cccc(C(C)C)c1.CCN(C(=O)OCc1ccccc1)C1CC1.CCN(C)S(=O)(=O)c1ccc(C)cc1.CCN(CC(=O)NC1CC1)C1CC1.CCNS(=O)(=O)Cc1ccccc1.CCOC(=O)NCc1ccccc1.CCOCc1cccc(OC)c1.CNC(=O)CNCc1ccccc1.COC(=O)Nc1cccc(OC)c1. The number of ether oxygens (including phenoxy) is 8. The number of methoxy groups -OCH3 is 3. The molecule has 3 aliphatic carbocycles. The molecule has 828 valence electrons. The topological polar surface area (TPSA) is 338 Å². The summed E-state index contributed by atoms with van der Waals surface area (Å²) in [5.74, 6) is 2.45. The van der Waals surface area contributed by atoms with Crippen molar-refractivity contribution in [2.75, 3.05) is 106 Å². The Kier molecular flexibility index (Phi) is 95.7. The molecule has 0 saturated heterocycles. The first-order valence-corrected chi connectivity index (χ1v) is 49.4. The standard InChI is InChI=1S/C13H17NO2.C13H20O.C11H15NO2.C10H18N2O.C10H14N2O.C10H15NO2S.C10H13NO2.C10H14O2.C9H11NO3.C9H13NO2S.11CH4/c1-2-14(12-8-9-12)13(15)16-10-11-6-4-3-5-7-11;1-4-8-14-10-12-6-5-7-13(9-12)11(2)3;1-2-8-14-11(13)12-9-10-6-4-3-5-7-10;1-2-12(9-5-6-9)7-10(13)11-8-3-4-8;1-11-10(13)8-12-7-9-5-3-2-4-6-9;1-4-11(3)14(12,13)10-7-5-9(2)6-8-10;1-2-13-10(12)11-8-9-6-4-3-5-7-9;1-3-12-8-9-5-4-6-10(7-9)11-2;1-12-8-5-3-4-7(6-8)10-9(11)13-2;1-2-10-13(11,12)8-9-6-4-3-5-7-9;;;;;;;;;;;/h3-7,12H,2,8-10H2,1H3;5-7,9,11H,4,8,10H2,1-3H3;3-7H,2,8-9H2,1H3,(H,12,13);8-9H,2-7H2,1H3,(H,11,13);2-6,12H,7-8H2,1H3,(H,11,13);5-8H,4H2,1-3H3;3-7H,2,8H2,1H3,(H,11,12);4-7H,3,8H2,1-2H3;3-6H,1-2H3,(H,10,11);3-7,10H,2,8H2,1H3;11*1H4. The molecular weight excluding hydrogens is 1890 g/mol. The Morgan fingerprint density at radius 1 is 0.432 bits per heavy atom. The van der Waals surface area contributed by atoms with Crippen LogP contribution in [0.3, 0.4) is 0 Å². The second-order valence-corrected chi connectivity index (χ2v) is 35.1. The molecule has 0 spiro atoms. The Hall–Kier alpha value is -11.7. The van der Waals surface area contributed by atoms with E-state index in [0.717, 1.165) is 104 Å². The fourth-order valence-corrected chi connectivity index (χ4v) is 14.0. The van der Waals surface area contributed by atoms with E-state index in [1.165, 1.54) is 53.8 Å². The van der Waals surface area contributed by atoms with Crippen LogP contribution in [-0.2, 0) is 103 Å². The van der Waals surface area contributed by atoms with Crippen LogP contribution in [0.25, 0.3) is 0 Å². The first-order chi connectivity index (χ1) is 65.1. The molecule has 0 bridgehead atoms. The second-order valence-electron chi connectivity index (χ2n) is 31.3. The van der Waals surface area contributed by atoms with Crippen LogP contribution in [0.1, 0.15) is 258 Å². The Morgan fingerprint density at radius 2 is 0.884 bits per heavy atom. The molecule has 3 saturated carbocycles. The molecule has 0 aromatic heterocycles. The van der Waals surface area contributed by atoms with Gasteiger partial charge < -0.3 is 69.4 Å². The zero-order chi connectivity index (χ0) is 99.3. The van der Waals surface area contributed by atoms with Gasteiger partial charge in [0.25, 0.3) is 0 Å². The maximum atomic E-state index is 11.8. The molecule has 3 fully saturated rings. The fraction of sp³-hybridized carbons (Fsp3) is 0.483. The van der Waals surface area contributed by atoms with Crippen LogP contribution in [0.5, 0.6) is 11.5 Å². The van der Waals surface area contributed by atoms with Gasteiger partial charge in [-0.3, -0.25) is 19.8 Å². The van der Waals surface area contributed by atoms with E-state index in [4.69, 9.17) is 33.2 Å². The maximum absolute atomic E-state index is 11.8. The normalized spacial score (nSPS) is 11.0. The summed E-state index contributed by atoms with van der Waals surface area (Å²) in [6, 6.07) is 80.4. The maximum Gasteiger partial charge on any atom is 0.411 e. The quantitative estimate of drug-likeness (QED) is 0.0140. The lowest BCUT2D eigenvalue weighted by molar-refractivity contribution is -0.122. The van der Waals surface area contributed by atoms with Gasteiger partial charge >= 0.3 is 24.4 Å². The summed E-state index contributed by atoms with van der Waals surface area (Å²) < 4.78 is 90.1. The second kappa shape index (κ2) is 91.9. The first kappa shape index (κ1) is 152. The van der Waals surface area contributed by atoms with Gasteiger partial charge in [-0.05, 0) is 172 Å². The highest BCUT2D eigenvalue weighted by Crippen LogP contribution is 2.29. The van der Waals surface area contributed by atoms with Gasteiger partial charge in [0.15, 0.2) is 0 Å². The number of nitrogens with one attached hydrogen (secondary N) is 7. The molecule has 0 atom stereocenters. The average Bonchev–Trinajstić information content (AvgIpc) is 1.69. The first-order valence-electron chi connectivity index (χ1n) is 46.3. The van der Waals surface area contributed by atoms with E-state index in [-0.39, 0.29) is 118 Å². The van der Waals surface area contributed by atoms with Gasteiger partial charge in [0.2, 0.25) is 31.9 Å². The molecule has 12 rings (SSSR count). The van der Waals surface area contributed by atoms with Crippen molar-refractivity contribution in [2.45, 2.75) is 283 Å². The van der Waals surface area contributed by atoms with E-state index < -0.39 is 26.1 Å². The Labute approximate surface area is 885 Å². The number of amides is 6. The van der Waals surface area contributed by atoms with Gasteiger partial charge in [0.1, 0.15) is 18.1 Å². The molecular formula is C116H194N10O18S2. The van der Waals surface area contributed by atoms with Gasteiger partial charge in [-0.15, -0.1) is 0 Å². The van der Waals surface area contributed by atoms with E-state index in [1.807, 2.05) is 203 Å². The number of benzene rings is 9. The molecule has 30 heteroatoms. The van der Waals surface area contributed by atoms with Crippen LogP contribution in [-0.4, -0.2) is 186 Å². The molecule has 28 nitrogen and oxygen atoms in total. The van der Waals surface area contributed by atoms with Gasteiger partial charge in [0.05, 0.1) is 71.5 Å². The van der Waals surface area contributed by atoms with Crippen LogP contribution in [0, 0.1) is 6.92 Å². The summed E-state index contributed by atoms with van der Waals surface area (Å²) in [5.41, 5.74) is 10.7. The number of hydrogen-bond acceptors (Lipinski definition) is 20. The van der Waals surface area contributed by atoms with Crippen molar-refractivity contribution in [3.8, 4) is 11.5 Å². The number of rotatable bonds is 38. The third-order valence-electron chi connectivity index (χ3n) is 19.6. The predicted octanol–water partition coefficient (Wildman–Crippen LogP) is 25.9. The van der Waals surface area contributed by atoms with Crippen molar-refractivity contribution < 1.29 is 83.5 Å². The van der Waals surface area contributed by atoms with Crippen LogP contribution in [0.15, 0.2) is 254 Å². The molecule has 0 radical (unpaired) electrons. The average molecular weight is 2080 g/mol. The van der Waals surface area contributed by atoms with E-state index in [9.17, 15) is 45.6 Å². The predicted molar refractivity (Wildman–Crippen MR) is 612 cm³/mol. The Bertz CT molecular complexity index is 4920. The lowest BCUT2D eigenvalue weighted by Crippen LogP contribution is -2.39. The highest BCUT2D eigenvalue weighted by atomic mass is 32.2. The molecule has 146 heavy (non-hydrogen) atoms. The smallest absolute Gasteiger partial charge is 0.411 e. The minimum Gasteiger partial charge on any atom is -0.497 e. The zero-order valence-electron chi connectivity index (χ0n) is 82.2. The Morgan fingerprint density at radius 3 is 1.32 bits per heavy atom. The van der Waals surface area contributed by atoms with Crippen LogP contribution in [0.4, 0.5) is 24.9 Å². The molecule has 0 aliphatic heterocycles. The number of aryl methyl sites for hydroxylation is 1. The monoisotopic (exact) mass is 2080 g/mol. The Balaban J connectivity index is -0.000000203. The highest BCUT2D eigenvalue weighted by molar-refractivity contribution is 7.89. The number of anilines is 1. The molecule has 0 unspecified atom stereocenters. The highest BCUT2D eigenvalue weighted by Gasteiger charge is 2.33. The van der Waals surface area contributed by atoms with Crippen LogP contribution >= 0.6 is 0 Å². The van der Waals surface area contributed by atoms with Gasteiger partial charge in [-0.1, -0.05) is 342 Å². The summed E-state index contributed by atoms with van der Waals surface area (Å²) in [5, 5.41) is 16.4. The van der Waals surface area contributed by atoms with Crippen LogP contribution < -0.4 is 46.1 Å². The van der Waals surface area contributed by atoms with E-state index in [0.29, 0.717) is 106 Å². The van der Waals surface area contributed by atoms with Crippen LogP contribution in [0.2, 0.25) is 0 Å². The third-order valence-corrected chi connectivity index (χ3v) is 23.0. The van der Waals surface area contributed by atoms with Crippen molar-refractivity contribution in [1.82, 2.24) is 45.4 Å². The van der Waals surface area contributed by atoms with Crippen molar-refractivity contribution in [1.29, 1.82) is 0 Å². The number of carbonyl (C=O) groups excluding carboxylic acids is 6. The van der Waals surface area contributed by atoms with Gasteiger partial charge in [-0.25, -0.2) is 45.0 Å². The van der Waals surface area contributed by atoms with Crippen molar-refractivity contribution in [3.63, 3.8) is 0 Å². The summed E-state index contributed by atoms with van der Waals surface area (Å²) >= 11 is 0. The number of hydrogen-bond donors (Lipinski definition) is 7. The van der Waals surface area contributed by atoms with E-state index >= 15 is 0 Å². The van der Waals surface area contributed by atoms with Gasteiger partial charge in [-0.2, -0.15) is 0 Å². The third kappa shape index (κ3) is 72.5. The number of alkyl carbamates (subject to hydrolysis) is 2. The minimum atomic E-state index is -3.27. The number of nitrogens with zero attached hydrogens (tertiary/aromatic N) is 3. The lowest BCUT2D eigenvalue weighted by atomic mass is 10.0. The summed E-state index contributed by atoms with van der Waals surface area (Å²) in [4.78, 5) is 71.2. The molecule has 9 aromatic carbocycles. The van der Waals surface area contributed by atoms with Crippen molar-refractivity contribution in [3.05, 3.63) is 299 Å². The van der Waals surface area contributed by atoms with E-state index in [2.05, 4.69) is 98.2 Å². The molecule has 0 heterocycles. The number of sulfonamides is 2. The fourth-order valence-electron chi connectivity index (χ4n) is 11.7. The van der Waals surface area contributed by atoms with E-state index in [1.54, 1.807) is 103 Å². The summed E-state index contributed by atoms with van der Waals surface area (Å²) in [7, 11) is 1.35. The van der Waals surface area contributed by atoms with Gasteiger partial charge in [0, 0.05) is 96.5 Å². The molecule has 3 aliphatic rings. The zero-order valence-corrected chi connectivity index (χ0v) is 83.8. The van der Waals surface area contributed by atoms with Crippen molar-refractivity contribution in [2.24, 2.45) is 0 Å². The van der Waals surface area contributed by atoms with Crippen molar-refractivity contribution >= 4 is 61.9 Å². The number of likely N-dealkylation sites (N-methyl/N-ethyl adjacent to an activating group) is 2. The largest absolute Gasteiger partial charge is 0.497 e. The number of carbonyl (C=O) groups is 6. The lowest BCUT2D eigenvalue weighted by Gasteiger charge is -2.19. The summed E-state index contributed by atoms with van der Waals surface area (Å²) in [6.45, 7) is 31.6.